The van der Waals surface area contributed by atoms with Crippen LogP contribution in [0.5, 0.6) is 0 Å². The van der Waals surface area contributed by atoms with Crippen molar-refractivity contribution in [1.82, 2.24) is 0 Å². The summed E-state index contributed by atoms with van der Waals surface area (Å²) in [6, 6.07) is 8.79. The van der Waals surface area contributed by atoms with E-state index in [2.05, 4.69) is 15.9 Å². The zero-order valence-electron chi connectivity index (χ0n) is 8.29. The lowest BCUT2D eigenvalue weighted by atomic mass is 10.1. The molecule has 4 heteroatoms. The normalized spacial score (nSPS) is 12.7. The third-order valence-corrected chi connectivity index (χ3v) is 3.97. The molecule has 0 radical (unpaired) electrons. The van der Waals surface area contributed by atoms with Gasteiger partial charge in [0.25, 0.3) is 0 Å². The van der Waals surface area contributed by atoms with Gasteiger partial charge in [0.1, 0.15) is 5.82 Å². The predicted molar refractivity (Wildman–Crippen MR) is 70.7 cm³/mol. The highest BCUT2D eigenvalue weighted by atomic mass is 79.9. The quantitative estimate of drug-likeness (QED) is 0.684. The van der Waals surface area contributed by atoms with Crippen LogP contribution < -0.4 is 0 Å². The number of benzene rings is 1. The van der Waals surface area contributed by atoms with E-state index in [9.17, 15) is 4.39 Å². The predicted octanol–water partition coefficient (Wildman–Crippen LogP) is 5.17. The number of thiophene rings is 1. The van der Waals surface area contributed by atoms with Crippen LogP contribution in [0, 0.1) is 5.82 Å². The van der Waals surface area contributed by atoms with Crippen LogP contribution in [-0.4, -0.2) is 0 Å². The fourth-order valence-electron chi connectivity index (χ4n) is 1.48. The maximum atomic E-state index is 13.2. The molecular weight excluding hydrogens is 311 g/mol. The third kappa shape index (κ3) is 3.06. The molecule has 1 aromatic carbocycles. The van der Waals surface area contributed by atoms with Gasteiger partial charge in [0, 0.05) is 15.8 Å². The first-order valence-corrected chi connectivity index (χ1v) is 6.88. The van der Waals surface area contributed by atoms with Gasteiger partial charge in [-0.1, -0.05) is 22.0 Å². The van der Waals surface area contributed by atoms with Crippen molar-refractivity contribution in [2.45, 2.75) is 11.8 Å². The molecule has 0 aliphatic heterocycles. The summed E-state index contributed by atoms with van der Waals surface area (Å²) in [5.74, 6) is -0.263. The van der Waals surface area contributed by atoms with Crippen molar-refractivity contribution in [2.75, 3.05) is 0 Å². The SMILES string of the molecule is Fc1cc(Br)cc(C(Cl)Cc2cccs2)c1. The van der Waals surface area contributed by atoms with Crippen molar-refractivity contribution in [3.05, 3.63) is 56.4 Å². The van der Waals surface area contributed by atoms with Gasteiger partial charge in [-0.2, -0.15) is 0 Å². The van der Waals surface area contributed by atoms with Gasteiger partial charge in [0.05, 0.1) is 5.38 Å². The average Bonchev–Trinajstić information content (AvgIpc) is 2.68. The molecule has 0 N–H and O–H groups in total. The van der Waals surface area contributed by atoms with Crippen molar-refractivity contribution in [2.24, 2.45) is 0 Å². The molecule has 2 aromatic rings. The molecule has 0 aliphatic rings. The van der Waals surface area contributed by atoms with Gasteiger partial charge in [-0.15, -0.1) is 22.9 Å². The van der Waals surface area contributed by atoms with Crippen molar-refractivity contribution >= 4 is 38.9 Å². The Balaban J connectivity index is 2.17. The van der Waals surface area contributed by atoms with Gasteiger partial charge >= 0.3 is 0 Å². The highest BCUT2D eigenvalue weighted by molar-refractivity contribution is 9.10. The molecule has 0 saturated carbocycles. The first kappa shape index (κ1) is 12.1. The van der Waals surface area contributed by atoms with Crippen LogP contribution in [-0.2, 0) is 6.42 Å². The van der Waals surface area contributed by atoms with Crippen molar-refractivity contribution in [3.63, 3.8) is 0 Å². The first-order valence-electron chi connectivity index (χ1n) is 4.77. The second kappa shape index (κ2) is 5.30. The van der Waals surface area contributed by atoms with E-state index in [4.69, 9.17) is 11.6 Å². The Morgan fingerprint density at radius 3 is 2.81 bits per heavy atom. The van der Waals surface area contributed by atoms with E-state index >= 15 is 0 Å². The summed E-state index contributed by atoms with van der Waals surface area (Å²) in [6.45, 7) is 0. The molecule has 0 bridgehead atoms. The van der Waals surface area contributed by atoms with Crippen LogP contribution in [0.25, 0.3) is 0 Å². The van der Waals surface area contributed by atoms with Crippen molar-refractivity contribution < 1.29 is 4.39 Å². The van der Waals surface area contributed by atoms with Gasteiger partial charge in [0.15, 0.2) is 0 Å². The molecule has 16 heavy (non-hydrogen) atoms. The fourth-order valence-corrected chi connectivity index (χ4v) is 3.10. The Kier molecular flexibility index (Phi) is 4.00. The highest BCUT2D eigenvalue weighted by Gasteiger charge is 2.11. The summed E-state index contributed by atoms with van der Waals surface area (Å²) in [5, 5.41) is 1.83. The Labute approximate surface area is 111 Å². The van der Waals surface area contributed by atoms with Crippen LogP contribution in [0.2, 0.25) is 0 Å². The van der Waals surface area contributed by atoms with Gasteiger partial charge in [0.2, 0.25) is 0 Å². The molecule has 1 atom stereocenters. The summed E-state index contributed by atoms with van der Waals surface area (Å²) >= 11 is 11.2. The molecule has 2 rings (SSSR count). The van der Waals surface area contributed by atoms with Crippen LogP contribution >= 0.6 is 38.9 Å². The standard InChI is InChI=1S/C12H9BrClFS/c13-9-4-8(5-10(15)6-9)12(14)7-11-2-1-3-16-11/h1-6,12H,7H2. The van der Waals surface area contributed by atoms with E-state index in [0.29, 0.717) is 0 Å². The van der Waals surface area contributed by atoms with Crippen LogP contribution in [0.1, 0.15) is 15.8 Å². The number of halogens is 3. The Hall–Kier alpha value is -0.380. The Bertz CT molecular complexity index is 450. The smallest absolute Gasteiger partial charge is 0.124 e. The lowest BCUT2D eigenvalue weighted by Gasteiger charge is -2.09. The van der Waals surface area contributed by atoms with E-state index in [-0.39, 0.29) is 11.2 Å². The van der Waals surface area contributed by atoms with Gasteiger partial charge in [-0.05, 0) is 35.2 Å². The third-order valence-electron chi connectivity index (χ3n) is 2.21. The number of hydrogen-bond acceptors (Lipinski definition) is 1. The molecule has 0 aliphatic carbocycles. The van der Waals surface area contributed by atoms with Gasteiger partial charge < -0.3 is 0 Å². The summed E-state index contributed by atoms with van der Waals surface area (Å²) in [4.78, 5) is 1.21. The monoisotopic (exact) mass is 318 g/mol. The van der Waals surface area contributed by atoms with Crippen molar-refractivity contribution in [3.8, 4) is 0 Å². The molecule has 1 unspecified atom stereocenters. The summed E-state index contributed by atoms with van der Waals surface area (Å²) in [7, 11) is 0. The zero-order valence-corrected chi connectivity index (χ0v) is 11.4. The molecular formula is C12H9BrClFS. The Morgan fingerprint density at radius 2 is 2.19 bits per heavy atom. The molecule has 1 heterocycles. The minimum Gasteiger partial charge on any atom is -0.207 e. The van der Waals surface area contributed by atoms with E-state index in [1.165, 1.54) is 17.0 Å². The fraction of sp³-hybridized carbons (Fsp3) is 0.167. The number of hydrogen-bond donors (Lipinski definition) is 0. The summed E-state index contributed by atoms with van der Waals surface area (Å²) < 4.78 is 13.9. The van der Waals surface area contributed by atoms with Crippen LogP contribution in [0.15, 0.2) is 40.2 Å². The van der Waals surface area contributed by atoms with Gasteiger partial charge in [-0.25, -0.2) is 4.39 Å². The number of alkyl halides is 1. The molecule has 0 amide bonds. The van der Waals surface area contributed by atoms with E-state index in [1.807, 2.05) is 23.6 Å². The minimum absolute atomic E-state index is 0.189. The highest BCUT2D eigenvalue weighted by Crippen LogP contribution is 2.29. The molecule has 0 nitrogen and oxygen atoms in total. The van der Waals surface area contributed by atoms with E-state index in [1.54, 1.807) is 11.3 Å². The zero-order chi connectivity index (χ0) is 11.5. The second-order valence-corrected chi connectivity index (χ2v) is 5.93. The minimum atomic E-state index is -0.263. The van der Waals surface area contributed by atoms with Crippen LogP contribution in [0.4, 0.5) is 4.39 Å². The average molecular weight is 320 g/mol. The lowest BCUT2D eigenvalue weighted by Crippen LogP contribution is -1.95. The topological polar surface area (TPSA) is 0 Å². The summed E-state index contributed by atoms with van der Waals surface area (Å²) in [5.41, 5.74) is 0.807. The summed E-state index contributed by atoms with van der Waals surface area (Å²) in [6.07, 6.45) is 0.731. The van der Waals surface area contributed by atoms with Crippen LogP contribution in [0.3, 0.4) is 0 Å². The molecule has 0 fully saturated rings. The Morgan fingerprint density at radius 1 is 1.38 bits per heavy atom. The number of rotatable bonds is 3. The maximum absolute atomic E-state index is 13.2. The van der Waals surface area contributed by atoms with E-state index in [0.717, 1.165) is 16.5 Å². The molecule has 84 valence electrons. The molecule has 0 saturated heterocycles. The van der Waals surface area contributed by atoms with E-state index < -0.39 is 0 Å². The maximum Gasteiger partial charge on any atom is 0.124 e. The first-order chi connectivity index (χ1) is 7.65. The van der Waals surface area contributed by atoms with Gasteiger partial charge in [-0.3, -0.25) is 0 Å². The lowest BCUT2D eigenvalue weighted by molar-refractivity contribution is 0.624. The van der Waals surface area contributed by atoms with Crippen molar-refractivity contribution in [1.29, 1.82) is 0 Å². The second-order valence-electron chi connectivity index (χ2n) is 3.45. The largest absolute Gasteiger partial charge is 0.207 e. The molecule has 0 spiro atoms. The molecule has 1 aromatic heterocycles.